The summed E-state index contributed by atoms with van der Waals surface area (Å²) >= 11 is 0. The minimum atomic E-state index is -0.111. The van der Waals surface area contributed by atoms with Gasteiger partial charge in [0.1, 0.15) is 0 Å². The van der Waals surface area contributed by atoms with E-state index in [2.05, 4.69) is 27.7 Å². The summed E-state index contributed by atoms with van der Waals surface area (Å²) in [5, 5.41) is 10.8. The molecule has 2 heteroatoms. The molecule has 0 saturated heterocycles. The zero-order chi connectivity index (χ0) is 15.6. The molecule has 0 aromatic heterocycles. The van der Waals surface area contributed by atoms with Crippen molar-refractivity contribution in [3.8, 4) is 0 Å². The first-order valence-corrected chi connectivity index (χ1v) is 9.33. The monoisotopic (exact) mass is 295 g/mol. The van der Waals surface area contributed by atoms with Crippen LogP contribution in [0.3, 0.4) is 0 Å². The third-order valence-electron chi connectivity index (χ3n) is 7.08. The lowest BCUT2D eigenvalue weighted by Gasteiger charge is -2.56. The molecule has 0 radical (unpaired) electrons. The van der Waals surface area contributed by atoms with Crippen LogP contribution in [0.4, 0.5) is 0 Å². The van der Waals surface area contributed by atoms with Crippen molar-refractivity contribution in [3.05, 3.63) is 0 Å². The molecular weight excluding hydrogens is 258 g/mol. The molecule has 2 aliphatic rings. The quantitative estimate of drug-likeness (QED) is 0.741. The molecule has 3 N–H and O–H groups in total. The van der Waals surface area contributed by atoms with Gasteiger partial charge in [-0.05, 0) is 54.8 Å². The van der Waals surface area contributed by atoms with Gasteiger partial charge < -0.3 is 10.8 Å². The normalized spacial score (nSPS) is 45.1. The number of unbranched alkanes of at least 4 members (excludes halogenated alkanes) is 2. The van der Waals surface area contributed by atoms with E-state index in [1.165, 1.54) is 38.5 Å². The highest BCUT2D eigenvalue weighted by atomic mass is 16.3. The molecular formula is C19H37NO. The molecule has 2 unspecified atom stereocenters. The van der Waals surface area contributed by atoms with Gasteiger partial charge in [-0.3, -0.25) is 0 Å². The maximum atomic E-state index is 10.8. The van der Waals surface area contributed by atoms with E-state index in [1.54, 1.807) is 0 Å². The fraction of sp³-hybridized carbons (Fsp3) is 1.00. The van der Waals surface area contributed by atoms with Crippen molar-refractivity contribution in [1.82, 2.24) is 0 Å². The highest BCUT2D eigenvalue weighted by Gasteiger charge is 2.52. The number of nitrogens with two attached hydrogens (primary N) is 1. The summed E-state index contributed by atoms with van der Waals surface area (Å²) in [6.45, 7) is 9.52. The number of hydrogen-bond acceptors (Lipinski definition) is 2. The molecule has 21 heavy (non-hydrogen) atoms. The van der Waals surface area contributed by atoms with E-state index in [9.17, 15) is 5.11 Å². The van der Waals surface area contributed by atoms with Gasteiger partial charge in [0.05, 0.1) is 6.10 Å². The van der Waals surface area contributed by atoms with Gasteiger partial charge in [-0.25, -0.2) is 0 Å². The molecule has 0 amide bonds. The Morgan fingerprint density at radius 2 is 2.00 bits per heavy atom. The Balaban J connectivity index is 2.06. The highest BCUT2D eigenvalue weighted by molar-refractivity contribution is 5.02. The van der Waals surface area contributed by atoms with Gasteiger partial charge in [-0.1, -0.05) is 53.4 Å². The molecule has 2 nitrogen and oxygen atoms in total. The largest absolute Gasteiger partial charge is 0.393 e. The second kappa shape index (κ2) is 7.00. The van der Waals surface area contributed by atoms with Crippen molar-refractivity contribution in [2.45, 2.75) is 91.2 Å². The van der Waals surface area contributed by atoms with Crippen LogP contribution in [0.2, 0.25) is 0 Å². The van der Waals surface area contributed by atoms with E-state index >= 15 is 0 Å². The lowest BCUT2D eigenvalue weighted by molar-refractivity contribution is -0.114. The van der Waals surface area contributed by atoms with Crippen LogP contribution in [0.5, 0.6) is 0 Å². The van der Waals surface area contributed by atoms with Crippen LogP contribution in [0.25, 0.3) is 0 Å². The number of aliphatic hydroxyl groups is 1. The summed E-state index contributed by atoms with van der Waals surface area (Å²) in [7, 11) is 0. The molecule has 2 aliphatic carbocycles. The van der Waals surface area contributed by atoms with E-state index in [1.807, 2.05) is 0 Å². The fourth-order valence-corrected chi connectivity index (χ4v) is 5.42. The summed E-state index contributed by atoms with van der Waals surface area (Å²) < 4.78 is 0. The number of rotatable bonds is 5. The van der Waals surface area contributed by atoms with Crippen molar-refractivity contribution in [3.63, 3.8) is 0 Å². The van der Waals surface area contributed by atoms with Crippen molar-refractivity contribution < 1.29 is 5.11 Å². The number of fused-ring (bicyclic) bond motifs is 1. The summed E-state index contributed by atoms with van der Waals surface area (Å²) in [4.78, 5) is 0. The topological polar surface area (TPSA) is 46.2 Å². The van der Waals surface area contributed by atoms with Crippen molar-refractivity contribution in [1.29, 1.82) is 0 Å². The lowest BCUT2D eigenvalue weighted by atomic mass is 9.50. The molecule has 0 aromatic carbocycles. The van der Waals surface area contributed by atoms with Gasteiger partial charge in [0, 0.05) is 6.04 Å². The second-order valence-electron chi connectivity index (χ2n) is 8.38. The molecule has 2 rings (SSSR count). The van der Waals surface area contributed by atoms with Crippen LogP contribution in [0.1, 0.15) is 79.1 Å². The Morgan fingerprint density at radius 1 is 1.29 bits per heavy atom. The van der Waals surface area contributed by atoms with E-state index in [0.29, 0.717) is 35.1 Å². The van der Waals surface area contributed by atoms with Crippen LogP contribution in [-0.2, 0) is 0 Å². The Labute approximate surface area is 131 Å². The van der Waals surface area contributed by atoms with Crippen LogP contribution < -0.4 is 5.73 Å². The van der Waals surface area contributed by atoms with Gasteiger partial charge in [0.25, 0.3) is 0 Å². The first-order chi connectivity index (χ1) is 9.90. The summed E-state index contributed by atoms with van der Waals surface area (Å²) in [6, 6.07) is 0.362. The lowest BCUT2D eigenvalue weighted by Crippen LogP contribution is -2.54. The van der Waals surface area contributed by atoms with E-state index in [0.717, 1.165) is 12.8 Å². The smallest absolute Gasteiger partial charge is 0.0576 e. The summed E-state index contributed by atoms with van der Waals surface area (Å²) in [5.74, 6) is 2.38. The first kappa shape index (κ1) is 17.3. The van der Waals surface area contributed by atoms with Crippen LogP contribution in [0, 0.1) is 29.1 Å². The standard InChI is InChI=1S/C19H37NO/c1-5-6-7-8-13(2)18-14(3)19(4)10-9-16(20)11-15(19)12-17(18)21/h13-18,21H,5-12,20H2,1-4H3/t13-,14?,15-,16-,17+,18?,19+/m0/s1. The molecule has 7 atom stereocenters. The average Bonchev–Trinajstić information content (AvgIpc) is 2.42. The van der Waals surface area contributed by atoms with Crippen molar-refractivity contribution in [2.75, 3.05) is 0 Å². The molecule has 0 aromatic rings. The molecule has 0 heterocycles. The third-order valence-corrected chi connectivity index (χ3v) is 7.08. The second-order valence-corrected chi connectivity index (χ2v) is 8.38. The molecule has 0 aliphatic heterocycles. The molecule has 0 spiro atoms. The SMILES string of the molecule is CCCCC[C@H](C)C1C(C)[C@@]2(C)CC[C@H](N)C[C@H]2C[C@H]1O. The van der Waals surface area contributed by atoms with Crippen molar-refractivity contribution >= 4 is 0 Å². The van der Waals surface area contributed by atoms with Crippen molar-refractivity contribution in [2.24, 2.45) is 34.8 Å². The number of hydrogen-bond donors (Lipinski definition) is 2. The Hall–Kier alpha value is -0.0800. The van der Waals surface area contributed by atoms with Gasteiger partial charge in [-0.2, -0.15) is 0 Å². The molecule has 2 fully saturated rings. The maximum Gasteiger partial charge on any atom is 0.0576 e. The maximum absolute atomic E-state index is 10.8. The zero-order valence-electron chi connectivity index (χ0n) is 14.6. The average molecular weight is 296 g/mol. The zero-order valence-corrected chi connectivity index (χ0v) is 14.6. The predicted octanol–water partition coefficient (Wildman–Crippen LogP) is 4.35. The highest BCUT2D eigenvalue weighted by Crippen LogP contribution is 2.56. The van der Waals surface area contributed by atoms with E-state index in [-0.39, 0.29) is 6.10 Å². The fourth-order valence-electron chi connectivity index (χ4n) is 5.42. The van der Waals surface area contributed by atoms with Gasteiger partial charge in [-0.15, -0.1) is 0 Å². The first-order valence-electron chi connectivity index (χ1n) is 9.33. The minimum Gasteiger partial charge on any atom is -0.393 e. The minimum absolute atomic E-state index is 0.111. The van der Waals surface area contributed by atoms with E-state index in [4.69, 9.17) is 5.73 Å². The van der Waals surface area contributed by atoms with Crippen LogP contribution in [-0.4, -0.2) is 17.3 Å². The van der Waals surface area contributed by atoms with Gasteiger partial charge >= 0.3 is 0 Å². The van der Waals surface area contributed by atoms with Gasteiger partial charge in [0.2, 0.25) is 0 Å². The van der Waals surface area contributed by atoms with E-state index < -0.39 is 0 Å². The Kier molecular flexibility index (Phi) is 5.76. The van der Waals surface area contributed by atoms with Crippen LogP contribution >= 0.6 is 0 Å². The Morgan fingerprint density at radius 3 is 2.67 bits per heavy atom. The third kappa shape index (κ3) is 3.47. The van der Waals surface area contributed by atoms with Crippen LogP contribution in [0.15, 0.2) is 0 Å². The summed E-state index contributed by atoms with van der Waals surface area (Å²) in [6.07, 6.45) is 9.63. The molecule has 2 saturated carbocycles. The summed E-state index contributed by atoms with van der Waals surface area (Å²) in [5.41, 5.74) is 6.59. The number of aliphatic hydroxyl groups excluding tert-OH is 1. The van der Waals surface area contributed by atoms with Gasteiger partial charge in [0.15, 0.2) is 0 Å². The predicted molar refractivity (Wildman–Crippen MR) is 90.0 cm³/mol. The molecule has 124 valence electrons. The molecule has 0 bridgehead atoms. The Bertz CT molecular complexity index is 328.